The molecule has 5 nitrogen and oxygen atoms in total. The zero-order valence-corrected chi connectivity index (χ0v) is 15.7. The Morgan fingerprint density at radius 2 is 1.77 bits per heavy atom. The predicted octanol–water partition coefficient (Wildman–Crippen LogP) is 3.56. The molecule has 0 aliphatic carbocycles. The van der Waals surface area contributed by atoms with Crippen molar-refractivity contribution < 1.29 is 19.4 Å². The third-order valence-corrected chi connectivity index (χ3v) is 5.57. The highest BCUT2D eigenvalue weighted by molar-refractivity contribution is 7.19. The van der Waals surface area contributed by atoms with E-state index in [2.05, 4.69) is 5.32 Å². The van der Waals surface area contributed by atoms with E-state index in [4.69, 9.17) is 9.47 Å². The van der Waals surface area contributed by atoms with Crippen LogP contribution in [-0.2, 0) is 5.60 Å². The summed E-state index contributed by atoms with van der Waals surface area (Å²) in [6.07, 6.45) is 0. The first-order chi connectivity index (χ1) is 12.5. The lowest BCUT2D eigenvalue weighted by Gasteiger charge is -2.23. The van der Waals surface area contributed by atoms with Gasteiger partial charge in [-0.05, 0) is 36.6 Å². The van der Waals surface area contributed by atoms with Crippen LogP contribution in [0, 0.1) is 0 Å². The van der Waals surface area contributed by atoms with Gasteiger partial charge < -0.3 is 19.9 Å². The Labute approximate surface area is 156 Å². The first-order valence-electron chi connectivity index (χ1n) is 8.17. The van der Waals surface area contributed by atoms with Crippen molar-refractivity contribution in [2.45, 2.75) is 12.5 Å². The van der Waals surface area contributed by atoms with Gasteiger partial charge in [-0.25, -0.2) is 0 Å². The molecule has 6 heteroatoms. The molecule has 0 spiro atoms. The monoisotopic (exact) mass is 371 g/mol. The molecule has 0 aliphatic heterocycles. The quantitative estimate of drug-likeness (QED) is 0.695. The van der Waals surface area contributed by atoms with Gasteiger partial charge in [0, 0.05) is 9.58 Å². The summed E-state index contributed by atoms with van der Waals surface area (Å²) in [4.78, 5) is 13.5. The van der Waals surface area contributed by atoms with E-state index in [0.717, 1.165) is 15.0 Å². The van der Waals surface area contributed by atoms with Crippen LogP contribution in [0.4, 0.5) is 0 Å². The van der Waals surface area contributed by atoms with Crippen molar-refractivity contribution in [2.24, 2.45) is 0 Å². The molecule has 3 rings (SSSR count). The van der Waals surface area contributed by atoms with E-state index in [9.17, 15) is 9.90 Å². The molecular formula is C20H21NO4S. The van der Waals surface area contributed by atoms with Gasteiger partial charge in [-0.15, -0.1) is 11.3 Å². The Morgan fingerprint density at radius 1 is 1.12 bits per heavy atom. The third kappa shape index (κ3) is 3.52. The van der Waals surface area contributed by atoms with Crippen molar-refractivity contribution in [3.63, 3.8) is 0 Å². The Hall–Kier alpha value is -2.57. The smallest absolute Gasteiger partial charge is 0.258 e. The Balaban J connectivity index is 1.80. The molecule has 26 heavy (non-hydrogen) atoms. The molecule has 1 heterocycles. The number of nitrogens with one attached hydrogen (secondary N) is 1. The van der Waals surface area contributed by atoms with Crippen LogP contribution < -0.4 is 14.8 Å². The van der Waals surface area contributed by atoms with E-state index >= 15 is 0 Å². The standard InChI is InChI=1S/C20H21NO4S/c1-20(23,17-11-13-7-4-5-10-16(13)26-17)12-21-19(22)18-14(24-2)8-6-9-15(18)25-3/h4-11,23H,12H2,1-3H3,(H,21,22). The van der Waals surface area contributed by atoms with Crippen molar-refractivity contribution in [1.29, 1.82) is 0 Å². The van der Waals surface area contributed by atoms with E-state index < -0.39 is 5.60 Å². The number of rotatable bonds is 6. The van der Waals surface area contributed by atoms with Crippen molar-refractivity contribution in [3.05, 3.63) is 59.0 Å². The summed E-state index contributed by atoms with van der Waals surface area (Å²) in [5.74, 6) is 0.479. The van der Waals surface area contributed by atoms with Gasteiger partial charge in [0.25, 0.3) is 5.91 Å². The average molecular weight is 371 g/mol. The summed E-state index contributed by atoms with van der Waals surface area (Å²) in [6, 6.07) is 15.0. The number of thiophene rings is 1. The van der Waals surface area contributed by atoms with E-state index in [1.165, 1.54) is 25.6 Å². The molecule has 1 amide bonds. The van der Waals surface area contributed by atoms with Crippen molar-refractivity contribution in [1.82, 2.24) is 5.32 Å². The second kappa shape index (κ2) is 7.35. The summed E-state index contributed by atoms with van der Waals surface area (Å²) in [6.45, 7) is 1.76. The highest BCUT2D eigenvalue weighted by Crippen LogP contribution is 2.33. The highest BCUT2D eigenvalue weighted by Gasteiger charge is 2.27. The van der Waals surface area contributed by atoms with Crippen LogP contribution in [0.15, 0.2) is 48.5 Å². The van der Waals surface area contributed by atoms with Crippen LogP contribution in [-0.4, -0.2) is 31.8 Å². The maximum absolute atomic E-state index is 12.7. The fourth-order valence-corrected chi connectivity index (χ4v) is 3.86. The average Bonchev–Trinajstić information content (AvgIpc) is 3.10. The molecule has 0 aliphatic rings. The van der Waals surface area contributed by atoms with Gasteiger partial charge >= 0.3 is 0 Å². The Bertz CT molecular complexity index is 877. The fourth-order valence-electron chi connectivity index (χ4n) is 2.75. The zero-order valence-electron chi connectivity index (χ0n) is 14.9. The molecule has 0 radical (unpaired) electrons. The zero-order chi connectivity index (χ0) is 18.7. The van der Waals surface area contributed by atoms with Crippen LogP contribution in [0.25, 0.3) is 10.1 Å². The largest absolute Gasteiger partial charge is 0.496 e. The van der Waals surface area contributed by atoms with Crippen LogP contribution >= 0.6 is 11.3 Å². The van der Waals surface area contributed by atoms with Crippen LogP contribution in [0.2, 0.25) is 0 Å². The molecule has 0 bridgehead atoms. The van der Waals surface area contributed by atoms with Gasteiger partial charge in [-0.1, -0.05) is 24.3 Å². The molecule has 1 unspecified atom stereocenters. The number of carbonyl (C=O) groups excluding carboxylic acids is 1. The lowest BCUT2D eigenvalue weighted by molar-refractivity contribution is 0.0555. The van der Waals surface area contributed by atoms with Crippen molar-refractivity contribution in [3.8, 4) is 11.5 Å². The summed E-state index contributed by atoms with van der Waals surface area (Å²) >= 11 is 1.52. The van der Waals surface area contributed by atoms with E-state index in [0.29, 0.717) is 17.1 Å². The molecule has 2 N–H and O–H groups in total. The van der Waals surface area contributed by atoms with Crippen molar-refractivity contribution >= 4 is 27.3 Å². The number of aliphatic hydroxyl groups is 1. The molecule has 0 fully saturated rings. The van der Waals surface area contributed by atoms with Gasteiger partial charge in [0.2, 0.25) is 0 Å². The molecule has 3 aromatic rings. The molecule has 1 atom stereocenters. The first kappa shape index (κ1) is 18.2. The minimum atomic E-state index is -1.19. The number of fused-ring (bicyclic) bond motifs is 1. The topological polar surface area (TPSA) is 67.8 Å². The molecule has 2 aromatic carbocycles. The van der Waals surface area contributed by atoms with E-state index in [-0.39, 0.29) is 12.5 Å². The lowest BCUT2D eigenvalue weighted by atomic mass is 10.0. The second-order valence-electron chi connectivity index (χ2n) is 6.14. The maximum atomic E-state index is 12.7. The number of ether oxygens (including phenoxy) is 2. The molecule has 0 saturated carbocycles. The van der Waals surface area contributed by atoms with Crippen LogP contribution in [0.1, 0.15) is 22.2 Å². The van der Waals surface area contributed by atoms with Gasteiger partial charge in [0.15, 0.2) is 0 Å². The van der Waals surface area contributed by atoms with Crippen LogP contribution in [0.3, 0.4) is 0 Å². The maximum Gasteiger partial charge on any atom is 0.258 e. The van der Waals surface area contributed by atoms with Gasteiger partial charge in [0.1, 0.15) is 22.7 Å². The summed E-state index contributed by atoms with van der Waals surface area (Å²) in [7, 11) is 3.00. The number of amides is 1. The summed E-state index contributed by atoms with van der Waals surface area (Å²) < 4.78 is 11.6. The summed E-state index contributed by atoms with van der Waals surface area (Å²) in [5.41, 5.74) is -0.876. The number of hydrogen-bond donors (Lipinski definition) is 2. The number of hydrogen-bond acceptors (Lipinski definition) is 5. The first-order valence-corrected chi connectivity index (χ1v) is 8.98. The predicted molar refractivity (Wildman–Crippen MR) is 103 cm³/mol. The highest BCUT2D eigenvalue weighted by atomic mass is 32.1. The van der Waals surface area contributed by atoms with Crippen molar-refractivity contribution in [2.75, 3.05) is 20.8 Å². The lowest BCUT2D eigenvalue weighted by Crippen LogP contribution is -2.38. The second-order valence-corrected chi connectivity index (χ2v) is 7.23. The van der Waals surface area contributed by atoms with E-state index in [1.54, 1.807) is 25.1 Å². The molecule has 0 saturated heterocycles. The normalized spacial score (nSPS) is 13.2. The third-order valence-electron chi connectivity index (χ3n) is 4.20. The molecule has 1 aromatic heterocycles. The number of benzene rings is 2. The van der Waals surface area contributed by atoms with Gasteiger partial charge in [-0.2, -0.15) is 0 Å². The number of carbonyl (C=O) groups is 1. The Morgan fingerprint density at radius 3 is 2.38 bits per heavy atom. The SMILES string of the molecule is COc1cccc(OC)c1C(=O)NCC(C)(O)c1cc2ccccc2s1. The molecule has 136 valence electrons. The van der Waals surface area contributed by atoms with Crippen LogP contribution in [0.5, 0.6) is 11.5 Å². The number of methoxy groups -OCH3 is 2. The van der Waals surface area contributed by atoms with E-state index in [1.807, 2.05) is 30.3 Å². The fraction of sp³-hybridized carbons (Fsp3) is 0.250. The molecular weight excluding hydrogens is 350 g/mol. The minimum absolute atomic E-state index is 0.0693. The minimum Gasteiger partial charge on any atom is -0.496 e. The van der Waals surface area contributed by atoms with Gasteiger partial charge in [0.05, 0.1) is 20.8 Å². The Kier molecular flexibility index (Phi) is 5.15. The summed E-state index contributed by atoms with van der Waals surface area (Å²) in [5, 5.41) is 14.7. The van der Waals surface area contributed by atoms with Gasteiger partial charge in [-0.3, -0.25) is 4.79 Å².